The third-order valence-corrected chi connectivity index (χ3v) is 5.58. The predicted molar refractivity (Wildman–Crippen MR) is 76.8 cm³/mol. The summed E-state index contributed by atoms with van der Waals surface area (Å²) in [7, 11) is 0. The van der Waals surface area contributed by atoms with Gasteiger partial charge in [-0.2, -0.15) is 0 Å². The van der Waals surface area contributed by atoms with Crippen LogP contribution in [0.2, 0.25) is 5.02 Å². The van der Waals surface area contributed by atoms with E-state index in [1.807, 2.05) is 23.9 Å². The SMILES string of the molecule is NCC1(Sc2ccccc2Cl)CCCCCC1. The summed E-state index contributed by atoms with van der Waals surface area (Å²) in [5.41, 5.74) is 6.04. The average Bonchev–Trinajstić information content (AvgIpc) is 2.58. The van der Waals surface area contributed by atoms with Gasteiger partial charge in [-0.05, 0) is 25.0 Å². The third kappa shape index (κ3) is 3.40. The molecule has 1 aliphatic rings. The molecule has 0 spiro atoms. The number of rotatable bonds is 3. The summed E-state index contributed by atoms with van der Waals surface area (Å²) in [5, 5.41) is 0.856. The van der Waals surface area contributed by atoms with Gasteiger partial charge in [-0.1, -0.05) is 49.4 Å². The Balaban J connectivity index is 2.15. The van der Waals surface area contributed by atoms with Gasteiger partial charge in [-0.15, -0.1) is 11.8 Å². The highest BCUT2D eigenvalue weighted by Crippen LogP contribution is 2.44. The highest BCUT2D eigenvalue weighted by Gasteiger charge is 2.31. The zero-order valence-corrected chi connectivity index (χ0v) is 11.7. The topological polar surface area (TPSA) is 26.0 Å². The number of nitrogens with two attached hydrogens (primary N) is 1. The van der Waals surface area contributed by atoms with Crippen LogP contribution in [0.5, 0.6) is 0 Å². The molecule has 0 amide bonds. The van der Waals surface area contributed by atoms with Crippen molar-refractivity contribution in [3.8, 4) is 0 Å². The maximum Gasteiger partial charge on any atom is 0.0542 e. The van der Waals surface area contributed by atoms with Crippen LogP contribution < -0.4 is 5.73 Å². The van der Waals surface area contributed by atoms with Gasteiger partial charge in [0.1, 0.15) is 0 Å². The Morgan fingerprint density at radius 1 is 1.12 bits per heavy atom. The Morgan fingerprint density at radius 2 is 1.76 bits per heavy atom. The van der Waals surface area contributed by atoms with Crippen LogP contribution in [0.25, 0.3) is 0 Å². The largest absolute Gasteiger partial charge is 0.329 e. The van der Waals surface area contributed by atoms with Crippen molar-refractivity contribution >= 4 is 23.4 Å². The molecule has 1 aromatic rings. The highest BCUT2D eigenvalue weighted by molar-refractivity contribution is 8.00. The summed E-state index contributed by atoms with van der Waals surface area (Å²) < 4.78 is 0.210. The van der Waals surface area contributed by atoms with Crippen molar-refractivity contribution in [2.75, 3.05) is 6.54 Å². The van der Waals surface area contributed by atoms with E-state index in [0.717, 1.165) is 11.6 Å². The molecule has 0 aliphatic heterocycles. The zero-order valence-electron chi connectivity index (χ0n) is 10.1. The molecule has 2 rings (SSSR count). The van der Waals surface area contributed by atoms with E-state index in [1.54, 1.807) is 0 Å². The van der Waals surface area contributed by atoms with Gasteiger partial charge in [0, 0.05) is 16.2 Å². The van der Waals surface area contributed by atoms with E-state index in [1.165, 1.54) is 43.4 Å². The van der Waals surface area contributed by atoms with Gasteiger partial charge in [0.15, 0.2) is 0 Å². The summed E-state index contributed by atoms with van der Waals surface area (Å²) in [6.45, 7) is 0.753. The van der Waals surface area contributed by atoms with E-state index in [-0.39, 0.29) is 4.75 Å². The maximum atomic E-state index is 6.24. The van der Waals surface area contributed by atoms with Crippen molar-refractivity contribution in [2.24, 2.45) is 5.73 Å². The lowest BCUT2D eigenvalue weighted by atomic mass is 9.99. The minimum Gasteiger partial charge on any atom is -0.329 e. The second-order valence-corrected chi connectivity index (χ2v) is 6.75. The van der Waals surface area contributed by atoms with Crippen molar-refractivity contribution in [2.45, 2.75) is 48.2 Å². The molecule has 0 radical (unpaired) electrons. The number of halogens is 1. The van der Waals surface area contributed by atoms with Gasteiger partial charge in [0.05, 0.1) is 5.02 Å². The minimum absolute atomic E-state index is 0.210. The fourth-order valence-corrected chi connectivity index (χ4v) is 4.09. The summed E-state index contributed by atoms with van der Waals surface area (Å²) in [6, 6.07) is 8.10. The summed E-state index contributed by atoms with van der Waals surface area (Å²) in [4.78, 5) is 1.18. The van der Waals surface area contributed by atoms with E-state index >= 15 is 0 Å². The molecule has 3 heteroatoms. The van der Waals surface area contributed by atoms with Crippen LogP contribution in [0, 0.1) is 0 Å². The fourth-order valence-electron chi connectivity index (χ4n) is 2.48. The molecule has 0 atom stereocenters. The van der Waals surface area contributed by atoms with Gasteiger partial charge >= 0.3 is 0 Å². The molecule has 17 heavy (non-hydrogen) atoms. The minimum atomic E-state index is 0.210. The van der Waals surface area contributed by atoms with Gasteiger partial charge < -0.3 is 5.73 Å². The summed E-state index contributed by atoms with van der Waals surface area (Å²) in [6.07, 6.45) is 7.75. The van der Waals surface area contributed by atoms with Crippen LogP contribution in [0.1, 0.15) is 38.5 Å². The smallest absolute Gasteiger partial charge is 0.0542 e. The van der Waals surface area contributed by atoms with E-state index in [2.05, 4.69) is 12.1 Å². The molecule has 0 heterocycles. The zero-order chi connectivity index (χ0) is 12.1. The maximum absolute atomic E-state index is 6.24. The molecule has 0 aromatic heterocycles. The molecule has 1 aliphatic carbocycles. The van der Waals surface area contributed by atoms with Crippen molar-refractivity contribution in [1.82, 2.24) is 0 Å². The van der Waals surface area contributed by atoms with Crippen LogP contribution >= 0.6 is 23.4 Å². The second kappa shape index (κ2) is 6.12. The number of hydrogen-bond donors (Lipinski definition) is 1. The predicted octanol–water partition coefficient (Wildman–Crippen LogP) is 4.48. The summed E-state index contributed by atoms with van der Waals surface area (Å²) in [5.74, 6) is 0. The van der Waals surface area contributed by atoms with Crippen LogP contribution in [0.4, 0.5) is 0 Å². The standard InChI is InChI=1S/C14H20ClNS/c15-12-7-3-4-8-13(12)17-14(11-16)9-5-1-2-6-10-14/h3-4,7-8H,1-2,5-6,9-11,16H2. The van der Waals surface area contributed by atoms with Crippen LogP contribution in [0.3, 0.4) is 0 Å². The first-order valence-electron chi connectivity index (χ1n) is 6.39. The first-order chi connectivity index (χ1) is 8.26. The van der Waals surface area contributed by atoms with Crippen LogP contribution in [-0.4, -0.2) is 11.3 Å². The average molecular weight is 270 g/mol. The lowest BCUT2D eigenvalue weighted by Crippen LogP contribution is -2.33. The van der Waals surface area contributed by atoms with Gasteiger partial charge in [-0.3, -0.25) is 0 Å². The molecule has 0 unspecified atom stereocenters. The van der Waals surface area contributed by atoms with E-state index < -0.39 is 0 Å². The molecular formula is C14H20ClNS. The Labute approximate surface area is 113 Å². The molecule has 0 saturated heterocycles. The van der Waals surface area contributed by atoms with Crippen molar-refractivity contribution in [1.29, 1.82) is 0 Å². The van der Waals surface area contributed by atoms with Crippen molar-refractivity contribution in [3.63, 3.8) is 0 Å². The fraction of sp³-hybridized carbons (Fsp3) is 0.571. The molecule has 1 saturated carbocycles. The molecular weight excluding hydrogens is 250 g/mol. The first-order valence-corrected chi connectivity index (χ1v) is 7.59. The van der Waals surface area contributed by atoms with Gasteiger partial charge in [-0.25, -0.2) is 0 Å². The Bertz CT molecular complexity index is 359. The molecule has 1 nitrogen and oxygen atoms in total. The van der Waals surface area contributed by atoms with Crippen molar-refractivity contribution < 1.29 is 0 Å². The number of benzene rings is 1. The Hall–Kier alpha value is -0.180. The highest BCUT2D eigenvalue weighted by atomic mass is 35.5. The normalized spacial score (nSPS) is 19.9. The monoisotopic (exact) mass is 269 g/mol. The first kappa shape index (κ1) is 13.3. The lowest BCUT2D eigenvalue weighted by molar-refractivity contribution is 0.521. The Kier molecular flexibility index (Phi) is 4.78. The quantitative estimate of drug-likeness (QED) is 0.819. The van der Waals surface area contributed by atoms with Crippen LogP contribution in [-0.2, 0) is 0 Å². The second-order valence-electron chi connectivity index (χ2n) is 4.83. The van der Waals surface area contributed by atoms with Gasteiger partial charge in [0.2, 0.25) is 0 Å². The number of hydrogen-bond acceptors (Lipinski definition) is 2. The lowest BCUT2D eigenvalue weighted by Gasteiger charge is -2.31. The third-order valence-electron chi connectivity index (χ3n) is 3.55. The molecule has 94 valence electrons. The molecule has 1 fully saturated rings. The molecule has 1 aromatic carbocycles. The summed E-state index contributed by atoms with van der Waals surface area (Å²) >= 11 is 8.14. The van der Waals surface area contributed by atoms with Gasteiger partial charge in [0.25, 0.3) is 0 Å². The number of thioether (sulfide) groups is 1. The van der Waals surface area contributed by atoms with Crippen LogP contribution in [0.15, 0.2) is 29.2 Å². The van der Waals surface area contributed by atoms with E-state index in [4.69, 9.17) is 17.3 Å². The molecule has 0 bridgehead atoms. The Morgan fingerprint density at radius 3 is 2.35 bits per heavy atom. The van der Waals surface area contributed by atoms with Crippen molar-refractivity contribution in [3.05, 3.63) is 29.3 Å². The molecule has 2 N–H and O–H groups in total. The van der Waals surface area contributed by atoms with E-state index in [9.17, 15) is 0 Å². The van der Waals surface area contributed by atoms with E-state index in [0.29, 0.717) is 0 Å².